The first-order valence-corrected chi connectivity index (χ1v) is 7.88. The average molecular weight is 315 g/mol. The second-order valence-corrected chi connectivity index (χ2v) is 5.98. The molecule has 0 bridgehead atoms. The van der Waals surface area contributed by atoms with Crippen LogP contribution in [0.5, 0.6) is 0 Å². The van der Waals surface area contributed by atoms with Gasteiger partial charge in [-0.1, -0.05) is 35.9 Å². The Bertz CT molecular complexity index is 644. The van der Waals surface area contributed by atoms with Gasteiger partial charge in [0.25, 0.3) is 0 Å². The molecule has 0 saturated carbocycles. The number of carbonyl (C=O) groups excluding carboxylic acids is 1. The molecule has 4 heteroatoms. The van der Waals surface area contributed by atoms with Crippen molar-refractivity contribution in [3.05, 3.63) is 53.6 Å². The normalized spacial score (nSPS) is 15.0. The van der Waals surface area contributed by atoms with Crippen molar-refractivity contribution in [2.75, 3.05) is 31.1 Å². The van der Waals surface area contributed by atoms with E-state index >= 15 is 0 Å². The molecule has 0 atom stereocenters. The van der Waals surface area contributed by atoms with Gasteiger partial charge in [-0.2, -0.15) is 0 Å². The summed E-state index contributed by atoms with van der Waals surface area (Å²) in [7, 11) is 0. The lowest BCUT2D eigenvalue weighted by molar-refractivity contribution is -0.129. The third kappa shape index (κ3) is 3.25. The zero-order valence-electron chi connectivity index (χ0n) is 12.6. The summed E-state index contributed by atoms with van der Waals surface area (Å²) in [6.07, 6.45) is 0. The fraction of sp³-hybridized carbons (Fsp3) is 0.278. The SMILES string of the molecule is CC(=O)N1CCN(c2ccc(-c3ccc(Cl)cc3)cc2)CC1. The molecule has 0 N–H and O–H groups in total. The molecule has 1 heterocycles. The van der Waals surface area contributed by atoms with E-state index in [1.54, 1.807) is 6.92 Å². The van der Waals surface area contributed by atoms with Crippen molar-refractivity contribution in [3.8, 4) is 11.1 Å². The molecule has 114 valence electrons. The van der Waals surface area contributed by atoms with Gasteiger partial charge in [0.15, 0.2) is 0 Å². The Morgan fingerprint density at radius 2 is 1.36 bits per heavy atom. The Morgan fingerprint density at radius 1 is 0.864 bits per heavy atom. The molecular formula is C18H19ClN2O. The number of halogens is 1. The molecule has 1 amide bonds. The lowest BCUT2D eigenvalue weighted by Gasteiger charge is -2.35. The van der Waals surface area contributed by atoms with Gasteiger partial charge in [-0.05, 0) is 35.4 Å². The number of carbonyl (C=O) groups is 1. The number of nitrogens with zero attached hydrogens (tertiary/aromatic N) is 2. The Morgan fingerprint density at radius 3 is 1.86 bits per heavy atom. The number of hydrogen-bond acceptors (Lipinski definition) is 2. The van der Waals surface area contributed by atoms with Crippen LogP contribution < -0.4 is 4.90 Å². The molecule has 1 aliphatic heterocycles. The molecule has 2 aromatic rings. The maximum atomic E-state index is 11.4. The van der Waals surface area contributed by atoms with Crippen LogP contribution in [0.4, 0.5) is 5.69 Å². The summed E-state index contributed by atoms with van der Waals surface area (Å²) in [5.74, 6) is 0.165. The van der Waals surface area contributed by atoms with Crippen LogP contribution >= 0.6 is 11.6 Å². The summed E-state index contributed by atoms with van der Waals surface area (Å²) < 4.78 is 0. The predicted molar refractivity (Wildman–Crippen MR) is 91.4 cm³/mol. The second-order valence-electron chi connectivity index (χ2n) is 5.55. The lowest BCUT2D eigenvalue weighted by Crippen LogP contribution is -2.48. The highest BCUT2D eigenvalue weighted by Gasteiger charge is 2.18. The molecule has 3 rings (SSSR count). The number of piperazine rings is 1. The first-order valence-electron chi connectivity index (χ1n) is 7.50. The van der Waals surface area contributed by atoms with Crippen molar-refractivity contribution in [1.82, 2.24) is 4.90 Å². The van der Waals surface area contributed by atoms with Crippen LogP contribution in [-0.2, 0) is 4.79 Å². The standard InChI is InChI=1S/C18H19ClN2O/c1-14(22)20-10-12-21(13-11-20)18-8-4-16(5-9-18)15-2-6-17(19)7-3-15/h2-9H,10-13H2,1H3. The summed E-state index contributed by atoms with van der Waals surface area (Å²) in [6, 6.07) is 16.4. The summed E-state index contributed by atoms with van der Waals surface area (Å²) in [6.45, 7) is 5.01. The summed E-state index contributed by atoms with van der Waals surface area (Å²) in [4.78, 5) is 15.6. The molecule has 1 aliphatic rings. The van der Waals surface area contributed by atoms with E-state index in [1.165, 1.54) is 11.3 Å². The van der Waals surface area contributed by atoms with Crippen LogP contribution in [0.25, 0.3) is 11.1 Å². The first kappa shape index (κ1) is 14.9. The van der Waals surface area contributed by atoms with Gasteiger partial charge in [0.1, 0.15) is 0 Å². The number of benzene rings is 2. The number of anilines is 1. The van der Waals surface area contributed by atoms with Crippen LogP contribution in [0, 0.1) is 0 Å². The Hall–Kier alpha value is -2.00. The fourth-order valence-corrected chi connectivity index (χ4v) is 2.91. The van der Waals surface area contributed by atoms with Gasteiger partial charge in [-0.15, -0.1) is 0 Å². The van der Waals surface area contributed by atoms with Gasteiger partial charge in [0, 0.05) is 43.8 Å². The van der Waals surface area contributed by atoms with Crippen LogP contribution in [-0.4, -0.2) is 37.0 Å². The van der Waals surface area contributed by atoms with Crippen molar-refractivity contribution in [3.63, 3.8) is 0 Å². The van der Waals surface area contributed by atoms with Crippen LogP contribution in [0.2, 0.25) is 5.02 Å². The van der Waals surface area contributed by atoms with E-state index in [1.807, 2.05) is 29.2 Å². The number of hydrogen-bond donors (Lipinski definition) is 0. The highest BCUT2D eigenvalue weighted by atomic mass is 35.5. The van der Waals surface area contributed by atoms with Crippen molar-refractivity contribution < 1.29 is 4.79 Å². The molecule has 22 heavy (non-hydrogen) atoms. The third-order valence-electron chi connectivity index (χ3n) is 4.14. The molecular weight excluding hydrogens is 296 g/mol. The van der Waals surface area contributed by atoms with Gasteiger partial charge >= 0.3 is 0 Å². The van der Waals surface area contributed by atoms with E-state index < -0.39 is 0 Å². The van der Waals surface area contributed by atoms with Gasteiger partial charge in [0.05, 0.1) is 0 Å². The zero-order chi connectivity index (χ0) is 15.5. The minimum Gasteiger partial charge on any atom is -0.368 e. The van der Waals surface area contributed by atoms with Crippen LogP contribution in [0.1, 0.15) is 6.92 Å². The largest absolute Gasteiger partial charge is 0.368 e. The number of amides is 1. The zero-order valence-corrected chi connectivity index (χ0v) is 13.4. The maximum Gasteiger partial charge on any atom is 0.219 e. The van der Waals surface area contributed by atoms with E-state index in [0.717, 1.165) is 36.8 Å². The van der Waals surface area contributed by atoms with E-state index in [9.17, 15) is 4.79 Å². The van der Waals surface area contributed by atoms with Crippen molar-refractivity contribution >= 4 is 23.2 Å². The highest BCUT2D eigenvalue weighted by molar-refractivity contribution is 6.30. The molecule has 0 aliphatic carbocycles. The van der Waals surface area contributed by atoms with Crippen molar-refractivity contribution in [1.29, 1.82) is 0 Å². The quantitative estimate of drug-likeness (QED) is 0.844. The molecule has 1 saturated heterocycles. The lowest BCUT2D eigenvalue weighted by atomic mass is 10.1. The van der Waals surface area contributed by atoms with E-state index in [0.29, 0.717) is 0 Å². The van der Waals surface area contributed by atoms with Gasteiger partial charge in [0.2, 0.25) is 5.91 Å². The minimum absolute atomic E-state index is 0.165. The highest BCUT2D eigenvalue weighted by Crippen LogP contribution is 2.25. The molecule has 2 aromatic carbocycles. The second kappa shape index (κ2) is 6.41. The molecule has 0 spiro atoms. The number of rotatable bonds is 2. The fourth-order valence-electron chi connectivity index (χ4n) is 2.79. The molecule has 1 fully saturated rings. The Kier molecular flexibility index (Phi) is 4.34. The van der Waals surface area contributed by atoms with E-state index in [4.69, 9.17) is 11.6 Å². The monoisotopic (exact) mass is 314 g/mol. The van der Waals surface area contributed by atoms with Crippen molar-refractivity contribution in [2.45, 2.75) is 6.92 Å². The maximum absolute atomic E-state index is 11.4. The summed E-state index contributed by atoms with van der Waals surface area (Å²) in [5, 5.41) is 0.753. The summed E-state index contributed by atoms with van der Waals surface area (Å²) >= 11 is 5.93. The van der Waals surface area contributed by atoms with Crippen LogP contribution in [0.3, 0.4) is 0 Å². The molecule has 0 radical (unpaired) electrons. The van der Waals surface area contributed by atoms with E-state index in [2.05, 4.69) is 29.2 Å². The predicted octanol–water partition coefficient (Wildman–Crippen LogP) is 3.68. The first-order chi connectivity index (χ1) is 10.6. The van der Waals surface area contributed by atoms with E-state index in [-0.39, 0.29) is 5.91 Å². The molecule has 3 nitrogen and oxygen atoms in total. The van der Waals surface area contributed by atoms with Gasteiger partial charge in [-0.25, -0.2) is 0 Å². The summed E-state index contributed by atoms with van der Waals surface area (Å²) in [5.41, 5.74) is 3.56. The van der Waals surface area contributed by atoms with Crippen LogP contribution in [0.15, 0.2) is 48.5 Å². The molecule has 0 unspecified atom stereocenters. The molecule has 0 aromatic heterocycles. The van der Waals surface area contributed by atoms with Gasteiger partial charge < -0.3 is 9.80 Å². The van der Waals surface area contributed by atoms with Crippen molar-refractivity contribution in [2.24, 2.45) is 0 Å². The minimum atomic E-state index is 0.165. The third-order valence-corrected chi connectivity index (χ3v) is 4.39. The Labute approximate surface area is 136 Å². The smallest absolute Gasteiger partial charge is 0.219 e. The van der Waals surface area contributed by atoms with Gasteiger partial charge in [-0.3, -0.25) is 4.79 Å². The topological polar surface area (TPSA) is 23.6 Å². The average Bonchev–Trinajstić information content (AvgIpc) is 2.56. The Balaban J connectivity index is 1.70.